The number of hydrogen-bond donors (Lipinski definition) is 0. The fourth-order valence-electron chi connectivity index (χ4n) is 1.19. The van der Waals surface area contributed by atoms with Crippen molar-refractivity contribution >= 4 is 17.7 Å². The van der Waals surface area contributed by atoms with Crippen LogP contribution in [0.25, 0.3) is 0 Å². The minimum Gasteiger partial charge on any atom is -0.378 e. The highest BCUT2D eigenvalue weighted by molar-refractivity contribution is 7.98. The summed E-state index contributed by atoms with van der Waals surface area (Å²) in [7, 11) is 0. The van der Waals surface area contributed by atoms with E-state index in [2.05, 4.69) is 20.4 Å². The Labute approximate surface area is 86.1 Å². The molecule has 1 fully saturated rings. The van der Waals surface area contributed by atoms with Crippen LogP contribution in [0.1, 0.15) is 0 Å². The lowest BCUT2D eigenvalue weighted by Crippen LogP contribution is -2.37. The van der Waals surface area contributed by atoms with Crippen molar-refractivity contribution in [3.8, 4) is 0 Å². The van der Waals surface area contributed by atoms with Gasteiger partial charge in [-0.3, -0.25) is 0 Å². The van der Waals surface area contributed by atoms with Gasteiger partial charge in [0.25, 0.3) is 5.95 Å². The summed E-state index contributed by atoms with van der Waals surface area (Å²) < 4.78 is 5.22. The topological polar surface area (TPSA) is 64.0 Å². The number of anilines is 1. The van der Waals surface area contributed by atoms with E-state index in [1.54, 1.807) is 0 Å². The van der Waals surface area contributed by atoms with Crippen LogP contribution in [0.3, 0.4) is 0 Å². The van der Waals surface area contributed by atoms with Crippen molar-refractivity contribution < 1.29 is 4.74 Å². The summed E-state index contributed by atoms with van der Waals surface area (Å²) in [5.41, 5.74) is 0. The monoisotopic (exact) mass is 213 g/mol. The first-order valence-corrected chi connectivity index (χ1v) is 5.56. The number of morpholine rings is 1. The smallest absolute Gasteiger partial charge is 0.264 e. The van der Waals surface area contributed by atoms with Gasteiger partial charge in [-0.2, -0.15) is 0 Å². The average molecular weight is 213 g/mol. The number of ether oxygens (including phenoxy) is 1. The Morgan fingerprint density at radius 2 is 1.79 bits per heavy atom. The third-order valence-corrected chi connectivity index (χ3v) is 2.45. The molecule has 0 saturated carbocycles. The van der Waals surface area contributed by atoms with E-state index >= 15 is 0 Å². The van der Waals surface area contributed by atoms with E-state index in [0.29, 0.717) is 24.3 Å². The Bertz CT molecular complexity index is 287. The molecule has 2 rings (SSSR count). The quantitative estimate of drug-likeness (QED) is 0.632. The molecule has 1 aliphatic heterocycles. The molecule has 2 heterocycles. The van der Waals surface area contributed by atoms with Crippen LogP contribution in [0, 0.1) is 0 Å². The molecule has 0 amide bonds. The van der Waals surface area contributed by atoms with Crippen LogP contribution >= 0.6 is 11.8 Å². The molecule has 1 saturated heterocycles. The molecule has 0 aliphatic carbocycles. The van der Waals surface area contributed by atoms with Gasteiger partial charge in [0.1, 0.15) is 0 Å². The third-order valence-electron chi connectivity index (χ3n) is 1.93. The number of hydrogen-bond acceptors (Lipinski definition) is 7. The molecule has 0 bridgehead atoms. The molecule has 7 heteroatoms. The van der Waals surface area contributed by atoms with Gasteiger partial charge >= 0.3 is 0 Å². The van der Waals surface area contributed by atoms with Crippen LogP contribution in [0.5, 0.6) is 0 Å². The molecule has 1 aromatic rings. The van der Waals surface area contributed by atoms with Crippen molar-refractivity contribution in [3.63, 3.8) is 0 Å². The SMILES string of the molecule is CSc1nnc(N2CCOCC2)nn1. The van der Waals surface area contributed by atoms with Gasteiger partial charge in [0.2, 0.25) is 5.16 Å². The highest BCUT2D eigenvalue weighted by Crippen LogP contribution is 2.09. The molecule has 0 unspecified atom stereocenters. The maximum Gasteiger partial charge on any atom is 0.264 e. The van der Waals surface area contributed by atoms with Gasteiger partial charge in [-0.25, -0.2) is 0 Å². The van der Waals surface area contributed by atoms with Crippen molar-refractivity contribution in [2.24, 2.45) is 0 Å². The average Bonchev–Trinajstić information content (AvgIpc) is 2.30. The highest BCUT2D eigenvalue weighted by atomic mass is 32.2. The zero-order valence-electron chi connectivity index (χ0n) is 7.88. The molecule has 0 N–H and O–H groups in total. The summed E-state index contributed by atoms with van der Waals surface area (Å²) in [5.74, 6) is 0.589. The third kappa shape index (κ3) is 2.10. The van der Waals surface area contributed by atoms with Gasteiger partial charge in [0.05, 0.1) is 13.2 Å². The normalized spacial score (nSPS) is 17.1. The van der Waals surface area contributed by atoms with Gasteiger partial charge in [-0.05, 0) is 6.26 Å². The van der Waals surface area contributed by atoms with Gasteiger partial charge < -0.3 is 9.64 Å². The van der Waals surface area contributed by atoms with Crippen LogP contribution in [-0.4, -0.2) is 53.0 Å². The van der Waals surface area contributed by atoms with Crippen molar-refractivity contribution in [3.05, 3.63) is 0 Å². The first-order chi connectivity index (χ1) is 6.90. The minimum absolute atomic E-state index is 0.589. The predicted molar refractivity (Wildman–Crippen MR) is 52.4 cm³/mol. The number of nitrogens with zero attached hydrogens (tertiary/aromatic N) is 5. The Morgan fingerprint density at radius 3 is 2.36 bits per heavy atom. The maximum absolute atomic E-state index is 5.22. The fraction of sp³-hybridized carbons (Fsp3) is 0.714. The number of thioether (sulfide) groups is 1. The van der Waals surface area contributed by atoms with Gasteiger partial charge in [0, 0.05) is 13.1 Å². The molecule has 6 nitrogen and oxygen atoms in total. The molecule has 0 radical (unpaired) electrons. The summed E-state index contributed by atoms with van der Waals surface area (Å²) in [4.78, 5) is 2.02. The maximum atomic E-state index is 5.22. The molecule has 0 aromatic carbocycles. The first-order valence-electron chi connectivity index (χ1n) is 4.34. The number of aromatic nitrogens is 4. The van der Waals surface area contributed by atoms with Gasteiger partial charge in [0.15, 0.2) is 0 Å². The molecule has 76 valence electrons. The lowest BCUT2D eigenvalue weighted by atomic mass is 10.4. The Balaban J connectivity index is 2.07. The molecule has 14 heavy (non-hydrogen) atoms. The molecular formula is C7H11N5OS. The second-order valence-corrected chi connectivity index (χ2v) is 3.56. The van der Waals surface area contributed by atoms with E-state index in [-0.39, 0.29) is 0 Å². The summed E-state index contributed by atoms with van der Waals surface area (Å²) in [6, 6.07) is 0. The second-order valence-electron chi connectivity index (χ2n) is 2.79. The molecule has 1 aliphatic rings. The van der Waals surface area contributed by atoms with E-state index in [1.807, 2.05) is 11.2 Å². The largest absolute Gasteiger partial charge is 0.378 e. The lowest BCUT2D eigenvalue weighted by Gasteiger charge is -2.25. The Morgan fingerprint density at radius 1 is 1.14 bits per heavy atom. The van der Waals surface area contributed by atoms with E-state index in [1.165, 1.54) is 11.8 Å². The number of rotatable bonds is 2. The Hall–Kier alpha value is -0.950. The summed E-state index contributed by atoms with van der Waals surface area (Å²) in [6.07, 6.45) is 1.90. The predicted octanol–water partition coefficient (Wildman–Crippen LogP) is -0.175. The van der Waals surface area contributed by atoms with Crippen LogP contribution < -0.4 is 4.90 Å². The summed E-state index contributed by atoms with van der Waals surface area (Å²) in [5, 5.41) is 16.5. The first kappa shape index (κ1) is 9.60. The van der Waals surface area contributed by atoms with Crippen molar-refractivity contribution in [2.45, 2.75) is 5.16 Å². The molecule has 0 spiro atoms. The lowest BCUT2D eigenvalue weighted by molar-refractivity contribution is 0.121. The Kier molecular flexibility index (Phi) is 3.10. The molecule has 1 aromatic heterocycles. The minimum atomic E-state index is 0.589. The van der Waals surface area contributed by atoms with E-state index in [9.17, 15) is 0 Å². The summed E-state index contributed by atoms with van der Waals surface area (Å²) in [6.45, 7) is 3.05. The van der Waals surface area contributed by atoms with Gasteiger partial charge in [-0.15, -0.1) is 20.4 Å². The molecule has 0 atom stereocenters. The van der Waals surface area contributed by atoms with Crippen LogP contribution in [0.2, 0.25) is 0 Å². The van der Waals surface area contributed by atoms with Gasteiger partial charge in [-0.1, -0.05) is 11.8 Å². The standard InChI is InChI=1S/C7H11N5OS/c1-14-7-10-8-6(9-11-7)12-2-4-13-5-3-12/h2-5H2,1H3. The highest BCUT2D eigenvalue weighted by Gasteiger charge is 2.14. The van der Waals surface area contributed by atoms with Crippen molar-refractivity contribution in [1.29, 1.82) is 0 Å². The zero-order valence-corrected chi connectivity index (χ0v) is 8.70. The second kappa shape index (κ2) is 4.52. The van der Waals surface area contributed by atoms with Crippen LogP contribution in [-0.2, 0) is 4.74 Å². The molecular weight excluding hydrogens is 202 g/mol. The zero-order chi connectivity index (χ0) is 9.80. The van der Waals surface area contributed by atoms with Crippen molar-refractivity contribution in [1.82, 2.24) is 20.4 Å². The fourth-order valence-corrected chi connectivity index (χ4v) is 1.43. The van der Waals surface area contributed by atoms with Crippen molar-refractivity contribution in [2.75, 3.05) is 37.5 Å². The summed E-state index contributed by atoms with van der Waals surface area (Å²) >= 11 is 1.43. The van der Waals surface area contributed by atoms with E-state index < -0.39 is 0 Å². The van der Waals surface area contributed by atoms with E-state index in [4.69, 9.17) is 4.74 Å². The van der Waals surface area contributed by atoms with Crippen LogP contribution in [0.15, 0.2) is 5.16 Å². The van der Waals surface area contributed by atoms with Crippen LogP contribution in [0.4, 0.5) is 5.95 Å². The van der Waals surface area contributed by atoms with E-state index in [0.717, 1.165) is 13.1 Å².